The number of ether oxygens (including phenoxy) is 3. The standard InChI is InChI=1S/C13H18F4O3/c1-8-5-19-12(20-6-8)9-2-3-11(18-7-9)10(14)4-13(15,16)17/h4,8-9,11-12H,2-3,5-7H2,1H3/b10-4-. The first-order valence-electron chi connectivity index (χ1n) is 6.65. The first-order chi connectivity index (χ1) is 9.35. The molecule has 7 heteroatoms. The van der Waals surface area contributed by atoms with Crippen molar-refractivity contribution >= 4 is 0 Å². The second-order valence-electron chi connectivity index (χ2n) is 5.37. The molecule has 0 radical (unpaired) electrons. The van der Waals surface area contributed by atoms with E-state index < -0.39 is 24.4 Å². The van der Waals surface area contributed by atoms with E-state index in [9.17, 15) is 17.6 Å². The maximum Gasteiger partial charge on any atom is 0.412 e. The lowest BCUT2D eigenvalue weighted by Crippen LogP contribution is -2.41. The van der Waals surface area contributed by atoms with Crippen molar-refractivity contribution in [2.45, 2.75) is 38.3 Å². The van der Waals surface area contributed by atoms with Gasteiger partial charge in [0.25, 0.3) is 0 Å². The largest absolute Gasteiger partial charge is 0.412 e. The van der Waals surface area contributed by atoms with Crippen LogP contribution in [0.2, 0.25) is 0 Å². The number of alkyl halides is 3. The molecule has 0 aliphatic carbocycles. The summed E-state index contributed by atoms with van der Waals surface area (Å²) < 4.78 is 65.7. The van der Waals surface area contributed by atoms with Crippen LogP contribution in [-0.2, 0) is 14.2 Å². The molecule has 0 aromatic rings. The van der Waals surface area contributed by atoms with Crippen LogP contribution in [0.3, 0.4) is 0 Å². The van der Waals surface area contributed by atoms with Gasteiger partial charge >= 0.3 is 6.18 Å². The molecule has 2 saturated heterocycles. The van der Waals surface area contributed by atoms with E-state index in [0.29, 0.717) is 25.6 Å². The molecule has 2 rings (SSSR count). The molecule has 0 aromatic heterocycles. The highest BCUT2D eigenvalue weighted by molar-refractivity contribution is 5.04. The topological polar surface area (TPSA) is 27.7 Å². The summed E-state index contributed by atoms with van der Waals surface area (Å²) in [6, 6.07) is 0. The third-order valence-corrected chi connectivity index (χ3v) is 3.40. The third-order valence-electron chi connectivity index (χ3n) is 3.40. The molecule has 116 valence electrons. The molecule has 2 heterocycles. The van der Waals surface area contributed by atoms with Crippen molar-refractivity contribution in [2.75, 3.05) is 19.8 Å². The number of allylic oxidation sites excluding steroid dienone is 1. The van der Waals surface area contributed by atoms with Crippen LogP contribution in [0.25, 0.3) is 0 Å². The fourth-order valence-electron chi connectivity index (χ4n) is 2.34. The minimum atomic E-state index is -4.66. The van der Waals surface area contributed by atoms with Crippen molar-refractivity contribution in [1.82, 2.24) is 0 Å². The predicted molar refractivity (Wildman–Crippen MR) is 62.6 cm³/mol. The fourth-order valence-corrected chi connectivity index (χ4v) is 2.34. The zero-order chi connectivity index (χ0) is 14.8. The Hall–Kier alpha value is -0.660. The van der Waals surface area contributed by atoms with Crippen molar-refractivity contribution in [3.05, 3.63) is 11.9 Å². The summed E-state index contributed by atoms with van der Waals surface area (Å²) in [6.45, 7) is 3.32. The van der Waals surface area contributed by atoms with Gasteiger partial charge in [-0.15, -0.1) is 0 Å². The Balaban J connectivity index is 1.82. The van der Waals surface area contributed by atoms with Crippen LogP contribution in [0.1, 0.15) is 19.8 Å². The van der Waals surface area contributed by atoms with E-state index in [1.807, 2.05) is 6.92 Å². The summed E-state index contributed by atoms with van der Waals surface area (Å²) in [4.78, 5) is 0. The molecule has 0 aromatic carbocycles. The molecule has 2 unspecified atom stereocenters. The molecule has 0 saturated carbocycles. The Bertz CT molecular complexity index is 340. The van der Waals surface area contributed by atoms with Crippen molar-refractivity contribution in [2.24, 2.45) is 11.8 Å². The Kier molecular flexibility index (Phi) is 5.04. The SMILES string of the molecule is CC1COC(C2CCC(/C(F)=C/C(F)(F)F)OC2)OC1. The molecule has 2 fully saturated rings. The average molecular weight is 298 g/mol. The summed E-state index contributed by atoms with van der Waals surface area (Å²) in [5, 5.41) is 0. The van der Waals surface area contributed by atoms with Crippen molar-refractivity contribution in [3.8, 4) is 0 Å². The lowest BCUT2D eigenvalue weighted by molar-refractivity contribution is -0.238. The molecule has 20 heavy (non-hydrogen) atoms. The van der Waals surface area contributed by atoms with E-state index in [1.165, 1.54) is 0 Å². The van der Waals surface area contributed by atoms with Crippen LogP contribution in [0.15, 0.2) is 11.9 Å². The van der Waals surface area contributed by atoms with Gasteiger partial charge in [-0.1, -0.05) is 6.92 Å². The number of hydrogen-bond acceptors (Lipinski definition) is 3. The summed E-state index contributed by atoms with van der Waals surface area (Å²) in [6.07, 6.45) is -5.80. The van der Waals surface area contributed by atoms with Gasteiger partial charge in [0.05, 0.1) is 25.9 Å². The molecule has 0 amide bonds. The van der Waals surface area contributed by atoms with Crippen LogP contribution in [0.5, 0.6) is 0 Å². The molecular weight excluding hydrogens is 280 g/mol. The molecule has 0 N–H and O–H groups in total. The predicted octanol–water partition coefficient (Wildman–Crippen LogP) is 3.21. The van der Waals surface area contributed by atoms with Crippen LogP contribution < -0.4 is 0 Å². The van der Waals surface area contributed by atoms with Crippen molar-refractivity contribution in [1.29, 1.82) is 0 Å². The normalized spacial score (nSPS) is 37.0. The van der Waals surface area contributed by atoms with Crippen LogP contribution >= 0.6 is 0 Å². The van der Waals surface area contributed by atoms with E-state index in [-0.39, 0.29) is 25.0 Å². The quantitative estimate of drug-likeness (QED) is 0.733. The lowest BCUT2D eigenvalue weighted by Gasteiger charge is -2.36. The van der Waals surface area contributed by atoms with Gasteiger partial charge < -0.3 is 14.2 Å². The molecule has 2 aliphatic heterocycles. The highest BCUT2D eigenvalue weighted by atomic mass is 19.4. The molecule has 2 aliphatic rings. The lowest BCUT2D eigenvalue weighted by atomic mass is 9.96. The van der Waals surface area contributed by atoms with Gasteiger partial charge in [0.1, 0.15) is 11.9 Å². The van der Waals surface area contributed by atoms with Crippen LogP contribution in [0.4, 0.5) is 17.6 Å². The first-order valence-corrected chi connectivity index (χ1v) is 6.65. The minimum absolute atomic E-state index is 0.0579. The van der Waals surface area contributed by atoms with Gasteiger partial charge in [-0.3, -0.25) is 0 Å². The van der Waals surface area contributed by atoms with Crippen molar-refractivity contribution < 1.29 is 31.8 Å². The van der Waals surface area contributed by atoms with E-state index in [1.54, 1.807) is 0 Å². The molecule has 3 nitrogen and oxygen atoms in total. The Morgan fingerprint density at radius 3 is 2.20 bits per heavy atom. The molecule has 0 spiro atoms. The maximum absolute atomic E-state index is 13.4. The van der Waals surface area contributed by atoms with Gasteiger partial charge in [-0.05, 0) is 12.8 Å². The maximum atomic E-state index is 13.4. The second kappa shape index (κ2) is 6.41. The molecule has 2 atom stereocenters. The van der Waals surface area contributed by atoms with Gasteiger partial charge in [-0.2, -0.15) is 13.2 Å². The van der Waals surface area contributed by atoms with E-state index in [0.717, 1.165) is 0 Å². The third kappa shape index (κ3) is 4.43. The van der Waals surface area contributed by atoms with Crippen LogP contribution in [0, 0.1) is 11.8 Å². The monoisotopic (exact) mass is 298 g/mol. The van der Waals surface area contributed by atoms with Crippen LogP contribution in [-0.4, -0.2) is 38.4 Å². The number of hydrogen-bond donors (Lipinski definition) is 0. The summed E-state index contributed by atoms with van der Waals surface area (Å²) in [5.41, 5.74) is 0. The van der Waals surface area contributed by atoms with Gasteiger partial charge in [0.15, 0.2) is 6.29 Å². The zero-order valence-corrected chi connectivity index (χ0v) is 11.2. The minimum Gasteiger partial charge on any atom is -0.371 e. The summed E-state index contributed by atoms with van der Waals surface area (Å²) >= 11 is 0. The number of halogens is 4. The van der Waals surface area contributed by atoms with Gasteiger partial charge in [0.2, 0.25) is 0 Å². The molecular formula is C13H18F4O3. The van der Waals surface area contributed by atoms with E-state index in [4.69, 9.17) is 14.2 Å². The smallest absolute Gasteiger partial charge is 0.371 e. The highest BCUT2D eigenvalue weighted by Crippen LogP contribution is 2.31. The Morgan fingerprint density at radius 1 is 1.05 bits per heavy atom. The van der Waals surface area contributed by atoms with Gasteiger partial charge in [-0.25, -0.2) is 4.39 Å². The zero-order valence-electron chi connectivity index (χ0n) is 11.2. The Labute approximate surface area is 114 Å². The first kappa shape index (κ1) is 15.7. The van der Waals surface area contributed by atoms with E-state index in [2.05, 4.69) is 0 Å². The fraction of sp³-hybridized carbons (Fsp3) is 0.846. The number of rotatable bonds is 2. The Morgan fingerprint density at radius 2 is 1.70 bits per heavy atom. The van der Waals surface area contributed by atoms with Gasteiger partial charge in [0, 0.05) is 11.8 Å². The summed E-state index contributed by atoms with van der Waals surface area (Å²) in [5.74, 6) is -0.997. The van der Waals surface area contributed by atoms with Crippen molar-refractivity contribution in [3.63, 3.8) is 0 Å². The highest BCUT2D eigenvalue weighted by Gasteiger charge is 2.35. The summed E-state index contributed by atoms with van der Waals surface area (Å²) in [7, 11) is 0. The average Bonchev–Trinajstić information content (AvgIpc) is 2.38. The second-order valence-corrected chi connectivity index (χ2v) is 5.37. The molecule has 0 bridgehead atoms. The van der Waals surface area contributed by atoms with E-state index >= 15 is 0 Å².